The van der Waals surface area contributed by atoms with Crippen molar-refractivity contribution >= 4 is 17.8 Å². The number of amides is 2. The number of hydrogen-bond acceptors (Lipinski definition) is 2. The van der Waals surface area contributed by atoms with E-state index in [9.17, 15) is 4.79 Å². The minimum atomic E-state index is -0.112. The molecule has 0 aromatic carbocycles. The fraction of sp³-hybridized carbons (Fsp3) is 0.667. The highest BCUT2D eigenvalue weighted by atomic mass is 32.2. The largest absolute Gasteiger partial charge is 0.327 e. The highest BCUT2D eigenvalue weighted by molar-refractivity contribution is 7.98. The molecule has 0 aromatic heterocycles. The first-order valence-electron chi connectivity index (χ1n) is 4.06. The summed E-state index contributed by atoms with van der Waals surface area (Å²) in [5.74, 6) is 3.29. The molecule has 0 heterocycles. The maximum absolute atomic E-state index is 11.3. The van der Waals surface area contributed by atoms with Gasteiger partial charge in [0.05, 0.1) is 6.54 Å². The third-order valence-corrected chi connectivity index (χ3v) is 2.55. The van der Waals surface area contributed by atoms with Gasteiger partial charge in [-0.05, 0) is 13.2 Å². The Morgan fingerprint density at radius 2 is 2.38 bits per heavy atom. The number of nitrogens with one attached hydrogen (secondary N) is 1. The predicted molar refractivity (Wildman–Crippen MR) is 57.8 cm³/mol. The molecular formula is C9H16N2OS. The molecule has 3 nitrogen and oxygen atoms in total. The van der Waals surface area contributed by atoms with E-state index in [1.54, 1.807) is 23.7 Å². The van der Waals surface area contributed by atoms with E-state index in [4.69, 9.17) is 6.42 Å². The monoisotopic (exact) mass is 200 g/mol. The zero-order chi connectivity index (χ0) is 10.3. The highest BCUT2D eigenvalue weighted by Crippen LogP contribution is 2.03. The minimum Gasteiger partial charge on any atom is -0.327 e. The fourth-order valence-electron chi connectivity index (χ4n) is 0.805. The van der Waals surface area contributed by atoms with Gasteiger partial charge in [0.25, 0.3) is 0 Å². The molecule has 0 aliphatic carbocycles. The van der Waals surface area contributed by atoms with Crippen molar-refractivity contribution < 1.29 is 4.79 Å². The SMILES string of the molecule is C#CCNC(=O)N(C)[C@@H](C)CSC. The van der Waals surface area contributed by atoms with Gasteiger partial charge < -0.3 is 10.2 Å². The van der Waals surface area contributed by atoms with Gasteiger partial charge in [0, 0.05) is 18.8 Å². The summed E-state index contributed by atoms with van der Waals surface area (Å²) >= 11 is 1.72. The first-order valence-corrected chi connectivity index (χ1v) is 5.46. The Kier molecular flexibility index (Phi) is 6.25. The molecule has 0 rings (SSSR count). The van der Waals surface area contributed by atoms with Gasteiger partial charge in [0.15, 0.2) is 0 Å². The number of carbonyl (C=O) groups is 1. The summed E-state index contributed by atoms with van der Waals surface area (Å²) in [6.07, 6.45) is 7.04. The summed E-state index contributed by atoms with van der Waals surface area (Å²) in [7, 11) is 1.77. The third kappa shape index (κ3) is 4.69. The molecular weight excluding hydrogens is 184 g/mol. The van der Waals surface area contributed by atoms with Gasteiger partial charge in [-0.1, -0.05) is 5.92 Å². The highest BCUT2D eigenvalue weighted by Gasteiger charge is 2.13. The minimum absolute atomic E-state index is 0.112. The second kappa shape index (κ2) is 6.67. The normalized spacial score (nSPS) is 11.5. The van der Waals surface area contributed by atoms with Crippen LogP contribution in [0.4, 0.5) is 4.79 Å². The number of thioether (sulfide) groups is 1. The molecule has 0 spiro atoms. The van der Waals surface area contributed by atoms with Crippen LogP contribution < -0.4 is 5.32 Å². The van der Waals surface area contributed by atoms with Crippen LogP contribution in [-0.2, 0) is 0 Å². The maximum atomic E-state index is 11.3. The molecule has 0 fully saturated rings. The number of rotatable bonds is 4. The number of nitrogens with zero attached hydrogens (tertiary/aromatic N) is 1. The van der Waals surface area contributed by atoms with Crippen molar-refractivity contribution in [2.75, 3.05) is 25.6 Å². The van der Waals surface area contributed by atoms with E-state index in [-0.39, 0.29) is 18.6 Å². The Morgan fingerprint density at radius 1 is 1.77 bits per heavy atom. The molecule has 0 unspecified atom stereocenters. The molecule has 0 saturated carbocycles. The Balaban J connectivity index is 3.87. The van der Waals surface area contributed by atoms with Crippen molar-refractivity contribution in [2.24, 2.45) is 0 Å². The average molecular weight is 200 g/mol. The van der Waals surface area contributed by atoms with Gasteiger partial charge in [-0.15, -0.1) is 6.42 Å². The van der Waals surface area contributed by atoms with Crippen LogP contribution in [0.25, 0.3) is 0 Å². The summed E-state index contributed by atoms with van der Waals surface area (Å²) in [5.41, 5.74) is 0. The van der Waals surface area contributed by atoms with Crippen LogP contribution in [-0.4, -0.2) is 42.6 Å². The first-order chi connectivity index (χ1) is 6.13. The zero-order valence-corrected chi connectivity index (χ0v) is 9.15. The van der Waals surface area contributed by atoms with Crippen molar-refractivity contribution in [3.8, 4) is 12.3 Å². The Hall–Kier alpha value is -0.820. The lowest BCUT2D eigenvalue weighted by Gasteiger charge is -2.24. The van der Waals surface area contributed by atoms with Gasteiger partial charge in [-0.25, -0.2) is 4.79 Å². The zero-order valence-electron chi connectivity index (χ0n) is 8.33. The smallest absolute Gasteiger partial charge is 0.318 e. The van der Waals surface area contributed by atoms with E-state index in [1.165, 1.54) is 0 Å². The van der Waals surface area contributed by atoms with Gasteiger partial charge in [-0.2, -0.15) is 11.8 Å². The van der Waals surface area contributed by atoms with Crippen LogP contribution in [0.1, 0.15) is 6.92 Å². The Morgan fingerprint density at radius 3 is 2.85 bits per heavy atom. The van der Waals surface area contributed by atoms with Crippen LogP contribution in [0.3, 0.4) is 0 Å². The van der Waals surface area contributed by atoms with Crippen molar-refractivity contribution in [3.63, 3.8) is 0 Å². The van der Waals surface area contributed by atoms with Gasteiger partial charge in [-0.3, -0.25) is 0 Å². The van der Waals surface area contributed by atoms with E-state index >= 15 is 0 Å². The van der Waals surface area contributed by atoms with Crippen molar-refractivity contribution in [2.45, 2.75) is 13.0 Å². The van der Waals surface area contributed by atoms with E-state index in [2.05, 4.69) is 11.2 Å². The number of hydrogen-bond donors (Lipinski definition) is 1. The van der Waals surface area contributed by atoms with Crippen molar-refractivity contribution in [1.82, 2.24) is 10.2 Å². The predicted octanol–water partition coefficient (Wildman–Crippen LogP) is 1.01. The van der Waals surface area contributed by atoms with Crippen molar-refractivity contribution in [3.05, 3.63) is 0 Å². The van der Waals surface area contributed by atoms with Crippen LogP contribution in [0.15, 0.2) is 0 Å². The average Bonchev–Trinajstić information content (AvgIpc) is 2.13. The molecule has 0 aliphatic rings. The molecule has 2 amide bonds. The molecule has 13 heavy (non-hydrogen) atoms. The fourth-order valence-corrected chi connectivity index (χ4v) is 1.51. The lowest BCUT2D eigenvalue weighted by molar-refractivity contribution is 0.200. The van der Waals surface area contributed by atoms with E-state index in [0.717, 1.165) is 5.75 Å². The number of terminal acetylenes is 1. The molecule has 74 valence electrons. The third-order valence-electron chi connectivity index (χ3n) is 1.73. The number of urea groups is 1. The van der Waals surface area contributed by atoms with E-state index < -0.39 is 0 Å². The number of carbonyl (C=O) groups excluding carboxylic acids is 1. The Bertz CT molecular complexity index is 200. The van der Waals surface area contributed by atoms with Crippen LogP contribution in [0.5, 0.6) is 0 Å². The summed E-state index contributed by atoms with van der Waals surface area (Å²) in [4.78, 5) is 13.0. The molecule has 0 radical (unpaired) electrons. The van der Waals surface area contributed by atoms with E-state index in [0.29, 0.717) is 0 Å². The second-order valence-corrected chi connectivity index (χ2v) is 3.69. The lowest BCUT2D eigenvalue weighted by atomic mass is 10.3. The summed E-state index contributed by atoms with van der Waals surface area (Å²) in [5, 5.41) is 2.61. The summed E-state index contributed by atoms with van der Waals surface area (Å²) in [6.45, 7) is 2.29. The topological polar surface area (TPSA) is 32.3 Å². The summed E-state index contributed by atoms with van der Waals surface area (Å²) in [6, 6.07) is 0.118. The molecule has 0 saturated heterocycles. The molecule has 4 heteroatoms. The van der Waals surface area contributed by atoms with Crippen LogP contribution in [0, 0.1) is 12.3 Å². The van der Waals surface area contributed by atoms with Crippen LogP contribution >= 0.6 is 11.8 Å². The molecule has 0 aliphatic heterocycles. The van der Waals surface area contributed by atoms with Crippen molar-refractivity contribution in [1.29, 1.82) is 0 Å². The standard InChI is InChI=1S/C9H16N2OS/c1-5-6-10-9(12)11(3)8(2)7-13-4/h1,8H,6-7H2,2-4H3,(H,10,12)/t8-/m0/s1. The summed E-state index contributed by atoms with van der Waals surface area (Å²) < 4.78 is 0. The van der Waals surface area contributed by atoms with E-state index in [1.807, 2.05) is 13.2 Å². The van der Waals surface area contributed by atoms with Gasteiger partial charge >= 0.3 is 6.03 Å². The molecule has 1 atom stereocenters. The quantitative estimate of drug-likeness (QED) is 0.687. The Labute approximate surface area is 84.3 Å². The lowest BCUT2D eigenvalue weighted by Crippen LogP contribution is -2.43. The molecule has 1 N–H and O–H groups in total. The molecule has 0 aromatic rings. The second-order valence-electron chi connectivity index (χ2n) is 2.78. The first kappa shape index (κ1) is 12.2. The van der Waals surface area contributed by atoms with Gasteiger partial charge in [0.2, 0.25) is 0 Å². The molecule has 0 bridgehead atoms. The van der Waals surface area contributed by atoms with Gasteiger partial charge in [0.1, 0.15) is 0 Å². The maximum Gasteiger partial charge on any atom is 0.318 e. The van der Waals surface area contributed by atoms with Crippen LogP contribution in [0.2, 0.25) is 0 Å².